The number of para-hydroxylation sites is 1. The number of anilines is 2. The number of nitrogens with one attached hydrogen (secondary N) is 1. The molecule has 1 saturated carbocycles. The molecule has 1 aliphatic heterocycles. The smallest absolute Gasteiger partial charge is 0.270 e. The largest absolute Gasteiger partial charge is 0.348 e. The number of aromatic nitrogens is 2. The van der Waals surface area contributed by atoms with Gasteiger partial charge >= 0.3 is 0 Å². The lowest BCUT2D eigenvalue weighted by atomic mass is 10.1. The minimum Gasteiger partial charge on any atom is -0.348 e. The quantitative estimate of drug-likeness (QED) is 0.947. The Morgan fingerprint density at radius 3 is 2.83 bits per heavy atom. The minimum atomic E-state index is -0.0978. The van der Waals surface area contributed by atoms with Crippen LogP contribution in [-0.2, 0) is 6.42 Å². The maximum Gasteiger partial charge on any atom is 0.270 e. The molecule has 1 fully saturated rings. The van der Waals surface area contributed by atoms with Crippen LogP contribution in [0.4, 0.5) is 11.5 Å². The summed E-state index contributed by atoms with van der Waals surface area (Å²) in [5.41, 5.74) is 2.95. The molecular formula is C18H20N4O. The summed E-state index contributed by atoms with van der Waals surface area (Å²) in [6, 6.07) is 10.8. The summed E-state index contributed by atoms with van der Waals surface area (Å²) in [4.78, 5) is 23.4. The molecule has 1 aromatic carbocycles. The highest BCUT2D eigenvalue weighted by Crippen LogP contribution is 2.37. The van der Waals surface area contributed by atoms with Crippen molar-refractivity contribution in [3.63, 3.8) is 0 Å². The number of benzene rings is 1. The van der Waals surface area contributed by atoms with Gasteiger partial charge in [-0.3, -0.25) is 4.79 Å². The molecule has 2 aliphatic rings. The highest BCUT2D eigenvalue weighted by atomic mass is 16.2. The minimum absolute atomic E-state index is 0.0978. The van der Waals surface area contributed by atoms with E-state index in [0.29, 0.717) is 23.6 Å². The number of carbonyl (C=O) groups is 1. The molecule has 5 heteroatoms. The third kappa shape index (κ3) is 2.67. The van der Waals surface area contributed by atoms with E-state index in [1.54, 1.807) is 0 Å². The zero-order valence-electron chi connectivity index (χ0n) is 13.4. The number of hydrogen-bond acceptors (Lipinski definition) is 4. The molecule has 118 valence electrons. The first-order chi connectivity index (χ1) is 11.1. The van der Waals surface area contributed by atoms with Crippen LogP contribution in [0.3, 0.4) is 0 Å². The standard InChI is InChI=1S/C18H20N4O/c1-11-9-13-5-3-4-6-16(13)22(11)17-10-15(19-12(2)20-17)18(23)21-14-7-8-14/h3-6,10-11,14H,7-9H2,1-2H3,(H,21,23). The second-order valence-electron chi connectivity index (χ2n) is 6.46. The fraction of sp³-hybridized carbons (Fsp3) is 0.389. The van der Waals surface area contributed by atoms with Crippen LogP contribution in [0, 0.1) is 6.92 Å². The van der Waals surface area contributed by atoms with E-state index in [1.165, 1.54) is 11.3 Å². The lowest BCUT2D eigenvalue weighted by molar-refractivity contribution is 0.0945. The van der Waals surface area contributed by atoms with Gasteiger partial charge in [-0.05, 0) is 44.7 Å². The highest BCUT2D eigenvalue weighted by molar-refractivity contribution is 5.93. The number of aryl methyl sites for hydroxylation is 1. The second-order valence-corrected chi connectivity index (χ2v) is 6.46. The summed E-state index contributed by atoms with van der Waals surface area (Å²) >= 11 is 0. The van der Waals surface area contributed by atoms with E-state index in [1.807, 2.05) is 19.1 Å². The Bertz CT molecular complexity index is 769. The third-order valence-electron chi connectivity index (χ3n) is 4.42. The van der Waals surface area contributed by atoms with Crippen LogP contribution in [0.2, 0.25) is 0 Å². The Labute approximate surface area is 135 Å². The molecule has 1 unspecified atom stereocenters. The summed E-state index contributed by atoms with van der Waals surface area (Å²) < 4.78 is 0. The first-order valence-electron chi connectivity index (χ1n) is 8.15. The van der Waals surface area contributed by atoms with Crippen LogP contribution in [0.5, 0.6) is 0 Å². The van der Waals surface area contributed by atoms with Crippen molar-refractivity contribution >= 4 is 17.4 Å². The normalized spacial score (nSPS) is 19.6. The maximum absolute atomic E-state index is 12.3. The van der Waals surface area contributed by atoms with Crippen LogP contribution in [-0.4, -0.2) is 28.0 Å². The molecule has 4 rings (SSSR count). The SMILES string of the molecule is Cc1nc(C(=O)NC2CC2)cc(N2c3ccccc3CC2C)n1. The number of nitrogens with zero attached hydrogens (tertiary/aromatic N) is 3. The zero-order valence-corrected chi connectivity index (χ0v) is 13.4. The van der Waals surface area contributed by atoms with Gasteiger partial charge in [0, 0.05) is 23.8 Å². The molecule has 5 nitrogen and oxygen atoms in total. The van der Waals surface area contributed by atoms with Crippen molar-refractivity contribution in [3.8, 4) is 0 Å². The van der Waals surface area contributed by atoms with E-state index in [9.17, 15) is 4.79 Å². The molecule has 1 aromatic heterocycles. The number of hydrogen-bond donors (Lipinski definition) is 1. The second kappa shape index (κ2) is 5.33. The number of amides is 1. The van der Waals surface area contributed by atoms with Crippen LogP contribution in [0.25, 0.3) is 0 Å². The van der Waals surface area contributed by atoms with Crippen LogP contribution in [0.15, 0.2) is 30.3 Å². The lowest BCUT2D eigenvalue weighted by Gasteiger charge is -2.24. The Morgan fingerprint density at radius 1 is 1.26 bits per heavy atom. The fourth-order valence-corrected chi connectivity index (χ4v) is 3.19. The molecule has 2 heterocycles. The monoisotopic (exact) mass is 308 g/mol. The molecule has 23 heavy (non-hydrogen) atoms. The van der Waals surface area contributed by atoms with E-state index in [0.717, 1.165) is 25.1 Å². The summed E-state index contributed by atoms with van der Waals surface area (Å²) in [5.74, 6) is 1.33. The van der Waals surface area contributed by atoms with Gasteiger partial charge in [-0.25, -0.2) is 9.97 Å². The molecular weight excluding hydrogens is 288 g/mol. The lowest BCUT2D eigenvalue weighted by Crippen LogP contribution is -2.29. The predicted octanol–water partition coefficient (Wildman–Crippen LogP) is 2.76. The van der Waals surface area contributed by atoms with Gasteiger partial charge in [-0.15, -0.1) is 0 Å². The van der Waals surface area contributed by atoms with Gasteiger partial charge in [0.1, 0.15) is 17.3 Å². The molecule has 2 aromatic rings. The Kier molecular flexibility index (Phi) is 3.29. The highest BCUT2D eigenvalue weighted by Gasteiger charge is 2.29. The van der Waals surface area contributed by atoms with Crippen molar-refractivity contribution in [1.29, 1.82) is 0 Å². The molecule has 1 aliphatic carbocycles. The summed E-state index contributed by atoms with van der Waals surface area (Å²) in [7, 11) is 0. The Hall–Kier alpha value is -2.43. The summed E-state index contributed by atoms with van der Waals surface area (Å²) in [5, 5.41) is 3.00. The van der Waals surface area contributed by atoms with Gasteiger partial charge in [0.05, 0.1) is 0 Å². The third-order valence-corrected chi connectivity index (χ3v) is 4.42. The summed E-state index contributed by atoms with van der Waals surface area (Å²) in [6.07, 6.45) is 3.13. The van der Waals surface area contributed by atoms with E-state index in [-0.39, 0.29) is 5.91 Å². The summed E-state index contributed by atoms with van der Waals surface area (Å²) in [6.45, 7) is 4.02. The van der Waals surface area contributed by atoms with Gasteiger partial charge in [0.25, 0.3) is 5.91 Å². The van der Waals surface area contributed by atoms with E-state index in [4.69, 9.17) is 0 Å². The Balaban J connectivity index is 1.71. The maximum atomic E-state index is 12.3. The van der Waals surface area contributed by atoms with E-state index >= 15 is 0 Å². The first-order valence-corrected chi connectivity index (χ1v) is 8.15. The number of fused-ring (bicyclic) bond motifs is 1. The van der Waals surface area contributed by atoms with E-state index < -0.39 is 0 Å². The van der Waals surface area contributed by atoms with Gasteiger partial charge in [-0.1, -0.05) is 18.2 Å². The van der Waals surface area contributed by atoms with Crippen LogP contribution >= 0.6 is 0 Å². The van der Waals surface area contributed by atoms with E-state index in [2.05, 4.69) is 45.3 Å². The van der Waals surface area contributed by atoms with Crippen molar-refractivity contribution in [1.82, 2.24) is 15.3 Å². The number of rotatable bonds is 3. The van der Waals surface area contributed by atoms with Gasteiger partial charge in [-0.2, -0.15) is 0 Å². The average Bonchev–Trinajstić information content (AvgIpc) is 3.26. The fourth-order valence-electron chi connectivity index (χ4n) is 3.19. The van der Waals surface area contributed by atoms with Gasteiger partial charge < -0.3 is 10.2 Å². The van der Waals surface area contributed by atoms with Gasteiger partial charge in [0.15, 0.2) is 0 Å². The van der Waals surface area contributed by atoms with Crippen molar-refractivity contribution < 1.29 is 4.79 Å². The molecule has 0 radical (unpaired) electrons. The van der Waals surface area contributed by atoms with Crippen LogP contribution < -0.4 is 10.2 Å². The molecule has 1 amide bonds. The van der Waals surface area contributed by atoms with Crippen molar-refractivity contribution in [2.75, 3.05) is 4.90 Å². The number of carbonyl (C=O) groups excluding carboxylic acids is 1. The zero-order chi connectivity index (χ0) is 16.0. The van der Waals surface area contributed by atoms with Gasteiger partial charge in [0.2, 0.25) is 0 Å². The molecule has 0 bridgehead atoms. The van der Waals surface area contributed by atoms with Crippen molar-refractivity contribution in [2.24, 2.45) is 0 Å². The molecule has 0 saturated heterocycles. The Morgan fingerprint density at radius 2 is 2.04 bits per heavy atom. The van der Waals surface area contributed by atoms with Crippen LogP contribution in [0.1, 0.15) is 41.6 Å². The molecule has 1 atom stereocenters. The topological polar surface area (TPSA) is 58.1 Å². The van der Waals surface area contributed by atoms with Crippen molar-refractivity contribution in [2.45, 2.75) is 45.2 Å². The molecule has 0 spiro atoms. The average molecular weight is 308 g/mol. The molecule has 1 N–H and O–H groups in total. The predicted molar refractivity (Wildman–Crippen MR) is 89.0 cm³/mol. The van der Waals surface area contributed by atoms with Crippen molar-refractivity contribution in [3.05, 3.63) is 47.4 Å². The first kappa shape index (κ1) is 14.2.